The third kappa shape index (κ3) is 5.82. The molecule has 1 heterocycles. The molecule has 0 spiro atoms. The van der Waals surface area contributed by atoms with E-state index in [-0.39, 0.29) is 23.4 Å². The van der Waals surface area contributed by atoms with E-state index >= 15 is 0 Å². The van der Waals surface area contributed by atoms with Crippen LogP contribution in [0.2, 0.25) is 5.02 Å². The molecule has 11 heteroatoms. The first kappa shape index (κ1) is 22.8. The third-order valence-electron chi connectivity index (χ3n) is 4.48. The number of aromatic nitrogens is 2. The van der Waals surface area contributed by atoms with Gasteiger partial charge in [0.15, 0.2) is 0 Å². The van der Waals surface area contributed by atoms with Crippen molar-refractivity contribution in [1.82, 2.24) is 20.4 Å². The molecule has 0 fully saturated rings. The summed E-state index contributed by atoms with van der Waals surface area (Å²) in [4.78, 5) is 38.9. The van der Waals surface area contributed by atoms with Crippen LogP contribution in [0.5, 0.6) is 5.75 Å². The fourth-order valence-corrected chi connectivity index (χ4v) is 3.11. The Morgan fingerprint density at radius 3 is 2.72 bits per heavy atom. The highest BCUT2D eigenvalue weighted by atomic mass is 35.5. The summed E-state index contributed by atoms with van der Waals surface area (Å²) in [5.41, 5.74) is 5.47. The molecule has 0 aliphatic rings. The lowest BCUT2D eigenvalue weighted by atomic mass is 10.1. The first-order chi connectivity index (χ1) is 15.3. The number of rotatable bonds is 8. The average molecular weight is 458 g/mol. The second kappa shape index (κ2) is 10.4. The minimum absolute atomic E-state index is 0.0300. The number of benzene rings is 2. The molecular weight excluding hydrogens is 438 g/mol. The van der Waals surface area contributed by atoms with Crippen molar-refractivity contribution in [3.05, 3.63) is 81.4 Å². The molecule has 0 radical (unpaired) electrons. The van der Waals surface area contributed by atoms with E-state index in [1.807, 2.05) is 6.92 Å². The van der Waals surface area contributed by atoms with Crippen molar-refractivity contribution in [2.24, 2.45) is 0 Å². The van der Waals surface area contributed by atoms with Crippen molar-refractivity contribution in [3.63, 3.8) is 0 Å². The summed E-state index contributed by atoms with van der Waals surface area (Å²) < 4.78 is 7.09. The lowest BCUT2D eigenvalue weighted by molar-refractivity contribution is -0.384. The molecule has 2 amide bonds. The van der Waals surface area contributed by atoms with Crippen molar-refractivity contribution in [2.45, 2.75) is 19.8 Å². The van der Waals surface area contributed by atoms with Crippen LogP contribution in [0, 0.1) is 17.0 Å². The number of ether oxygens (including phenoxy) is 1. The van der Waals surface area contributed by atoms with Crippen LogP contribution in [0.4, 0.5) is 5.69 Å². The van der Waals surface area contributed by atoms with E-state index in [0.29, 0.717) is 23.8 Å². The number of carbonyl (C=O) groups is 2. The van der Waals surface area contributed by atoms with Gasteiger partial charge in [0.05, 0.1) is 17.9 Å². The van der Waals surface area contributed by atoms with Gasteiger partial charge in [-0.3, -0.25) is 30.6 Å². The number of carbonyl (C=O) groups excluding carboxylic acids is 2. The molecule has 3 rings (SSSR count). The second-order valence-electron chi connectivity index (χ2n) is 6.79. The molecule has 2 N–H and O–H groups in total. The monoisotopic (exact) mass is 457 g/mol. The molecule has 0 saturated carbocycles. The standard InChI is InChI=1S/C21H20ClN5O5/c1-14-11-16(22)5-7-19(14)32-10-2-3-20(28)24-25-21(29)15-4-6-17(18(12-15)27(30)31)26-9-8-23-13-26/h4-9,11-13H,2-3,10H2,1H3,(H,24,28)(H,25,29). The number of aryl methyl sites for hydroxylation is 1. The molecule has 0 unspecified atom stereocenters. The Morgan fingerprint density at radius 1 is 1.22 bits per heavy atom. The Balaban J connectivity index is 1.49. The summed E-state index contributed by atoms with van der Waals surface area (Å²) in [6.45, 7) is 2.18. The van der Waals surface area contributed by atoms with Gasteiger partial charge in [0.25, 0.3) is 11.6 Å². The predicted molar refractivity (Wildman–Crippen MR) is 117 cm³/mol. The van der Waals surface area contributed by atoms with E-state index in [4.69, 9.17) is 16.3 Å². The number of hydrogen-bond acceptors (Lipinski definition) is 6. The molecule has 2 aromatic carbocycles. The van der Waals surface area contributed by atoms with Gasteiger partial charge >= 0.3 is 0 Å². The second-order valence-corrected chi connectivity index (χ2v) is 7.23. The average Bonchev–Trinajstić information content (AvgIpc) is 3.30. The zero-order valence-electron chi connectivity index (χ0n) is 17.1. The Bertz CT molecular complexity index is 1130. The maximum Gasteiger partial charge on any atom is 0.294 e. The highest BCUT2D eigenvalue weighted by molar-refractivity contribution is 6.30. The molecule has 0 aliphatic heterocycles. The first-order valence-corrected chi connectivity index (χ1v) is 9.98. The number of hydrazine groups is 1. The van der Waals surface area contributed by atoms with Crippen LogP contribution in [0.3, 0.4) is 0 Å². The predicted octanol–water partition coefficient (Wildman–Crippen LogP) is 3.36. The van der Waals surface area contributed by atoms with Gasteiger partial charge in [0, 0.05) is 35.5 Å². The van der Waals surface area contributed by atoms with Crippen LogP contribution < -0.4 is 15.6 Å². The minimum Gasteiger partial charge on any atom is -0.493 e. The van der Waals surface area contributed by atoms with Gasteiger partial charge in [-0.05, 0) is 49.2 Å². The quantitative estimate of drug-likeness (QED) is 0.303. The molecule has 166 valence electrons. The van der Waals surface area contributed by atoms with Gasteiger partial charge in [0.1, 0.15) is 11.4 Å². The molecule has 0 bridgehead atoms. The molecule has 0 aliphatic carbocycles. The molecule has 1 aromatic heterocycles. The van der Waals surface area contributed by atoms with Crippen molar-refractivity contribution in [3.8, 4) is 11.4 Å². The van der Waals surface area contributed by atoms with E-state index in [1.54, 1.807) is 24.4 Å². The molecule has 0 saturated heterocycles. The van der Waals surface area contributed by atoms with E-state index in [1.165, 1.54) is 29.2 Å². The first-order valence-electron chi connectivity index (χ1n) is 9.60. The van der Waals surface area contributed by atoms with Crippen molar-refractivity contribution in [2.75, 3.05) is 6.61 Å². The normalized spacial score (nSPS) is 10.4. The molecular formula is C21H20ClN5O5. The van der Waals surface area contributed by atoms with E-state index in [0.717, 1.165) is 11.6 Å². The Morgan fingerprint density at radius 2 is 2.03 bits per heavy atom. The van der Waals surface area contributed by atoms with E-state index in [2.05, 4.69) is 15.8 Å². The highest BCUT2D eigenvalue weighted by Gasteiger charge is 2.19. The summed E-state index contributed by atoms with van der Waals surface area (Å²) >= 11 is 5.90. The van der Waals surface area contributed by atoms with Crippen molar-refractivity contribution < 1.29 is 19.2 Å². The van der Waals surface area contributed by atoms with Crippen LogP contribution in [-0.2, 0) is 4.79 Å². The lowest BCUT2D eigenvalue weighted by Crippen LogP contribution is -2.41. The number of nitro benzene ring substituents is 1. The maximum atomic E-state index is 12.3. The zero-order chi connectivity index (χ0) is 23.1. The van der Waals surface area contributed by atoms with E-state index < -0.39 is 16.7 Å². The Labute approximate surface area is 188 Å². The topological polar surface area (TPSA) is 128 Å². The SMILES string of the molecule is Cc1cc(Cl)ccc1OCCCC(=O)NNC(=O)c1ccc(-n2ccnc2)c([N+](=O)[O-])c1. The van der Waals surface area contributed by atoms with Gasteiger partial charge < -0.3 is 9.30 Å². The smallest absolute Gasteiger partial charge is 0.294 e. The highest BCUT2D eigenvalue weighted by Crippen LogP contribution is 2.24. The number of nitrogens with zero attached hydrogens (tertiary/aromatic N) is 3. The fraction of sp³-hybridized carbons (Fsp3) is 0.190. The van der Waals surface area contributed by atoms with Crippen LogP contribution in [-0.4, -0.2) is 32.9 Å². The van der Waals surface area contributed by atoms with Gasteiger partial charge in [-0.25, -0.2) is 4.98 Å². The summed E-state index contributed by atoms with van der Waals surface area (Å²) in [5, 5.41) is 12.0. The largest absolute Gasteiger partial charge is 0.493 e. The molecule has 10 nitrogen and oxygen atoms in total. The number of hydrogen-bond donors (Lipinski definition) is 2. The van der Waals surface area contributed by atoms with Crippen LogP contribution in [0.25, 0.3) is 5.69 Å². The zero-order valence-corrected chi connectivity index (χ0v) is 17.8. The van der Waals surface area contributed by atoms with Gasteiger partial charge in [0.2, 0.25) is 5.91 Å². The molecule has 0 atom stereocenters. The summed E-state index contributed by atoms with van der Waals surface area (Å²) in [6.07, 6.45) is 5.00. The van der Waals surface area contributed by atoms with Crippen LogP contribution in [0.15, 0.2) is 55.1 Å². The van der Waals surface area contributed by atoms with Gasteiger partial charge in [-0.15, -0.1) is 0 Å². The number of nitro groups is 1. The minimum atomic E-state index is -0.674. The summed E-state index contributed by atoms with van der Waals surface area (Å²) in [7, 11) is 0. The lowest BCUT2D eigenvalue weighted by Gasteiger charge is -2.10. The summed E-state index contributed by atoms with van der Waals surface area (Å²) in [5.74, 6) is -0.408. The van der Waals surface area contributed by atoms with Crippen molar-refractivity contribution >= 4 is 29.1 Å². The van der Waals surface area contributed by atoms with Crippen LogP contribution in [0.1, 0.15) is 28.8 Å². The number of halogens is 1. The number of nitrogens with one attached hydrogen (secondary N) is 2. The molecule has 32 heavy (non-hydrogen) atoms. The maximum absolute atomic E-state index is 12.3. The summed E-state index contributed by atoms with van der Waals surface area (Å²) in [6, 6.07) is 9.26. The van der Waals surface area contributed by atoms with Gasteiger partial charge in [-0.2, -0.15) is 0 Å². The van der Waals surface area contributed by atoms with E-state index in [9.17, 15) is 19.7 Å². The van der Waals surface area contributed by atoms with Crippen LogP contribution >= 0.6 is 11.6 Å². The Kier molecular flexibility index (Phi) is 7.40. The Hall–Kier alpha value is -3.92. The van der Waals surface area contributed by atoms with Crippen molar-refractivity contribution in [1.29, 1.82) is 0 Å². The third-order valence-corrected chi connectivity index (χ3v) is 4.71. The number of amides is 2. The van der Waals surface area contributed by atoms with Gasteiger partial charge in [-0.1, -0.05) is 11.6 Å². The fourth-order valence-electron chi connectivity index (χ4n) is 2.88. The molecule has 3 aromatic rings. The number of imidazole rings is 1.